The maximum atomic E-state index is 12.4. The number of carboxylic acid groups (broad SMARTS) is 1. The number of nitrogens with two attached hydrogens (primary N) is 1. The van der Waals surface area contributed by atoms with Gasteiger partial charge in [0.1, 0.15) is 0 Å². The maximum Gasteiger partial charge on any atom is 0.317 e. The minimum atomic E-state index is -0.795. The Labute approximate surface area is 126 Å². The number of nitrogens with zero attached hydrogens (tertiary/aromatic N) is 1. The number of carbonyl (C=O) groups is 2. The fraction of sp³-hybridized carbons (Fsp3) is 0.867. The zero-order chi connectivity index (χ0) is 15.5. The van der Waals surface area contributed by atoms with Gasteiger partial charge in [-0.25, -0.2) is 4.79 Å². The van der Waals surface area contributed by atoms with Gasteiger partial charge in [-0.05, 0) is 32.1 Å². The van der Waals surface area contributed by atoms with Gasteiger partial charge in [-0.1, -0.05) is 19.8 Å². The number of hydrogen-bond donors (Lipinski definition) is 3. The lowest BCUT2D eigenvalue weighted by atomic mass is 9.78. The number of likely N-dealkylation sites (tertiary alicyclic amines) is 1. The van der Waals surface area contributed by atoms with Gasteiger partial charge in [-0.2, -0.15) is 0 Å². The first-order valence-corrected chi connectivity index (χ1v) is 8.03. The molecule has 0 aromatic heterocycles. The van der Waals surface area contributed by atoms with Crippen molar-refractivity contribution in [1.82, 2.24) is 10.2 Å². The molecule has 120 valence electrons. The Morgan fingerprint density at radius 3 is 2.67 bits per heavy atom. The lowest BCUT2D eigenvalue weighted by molar-refractivity contribution is -0.152. The maximum absolute atomic E-state index is 12.4. The summed E-state index contributed by atoms with van der Waals surface area (Å²) in [6, 6.07) is -0.118. The number of carboxylic acids is 1. The van der Waals surface area contributed by atoms with Gasteiger partial charge in [0.15, 0.2) is 0 Å². The summed E-state index contributed by atoms with van der Waals surface area (Å²) in [6.45, 7) is 2.81. The molecule has 2 rings (SSSR count). The highest BCUT2D eigenvalue weighted by Gasteiger charge is 2.42. The third-order valence-corrected chi connectivity index (χ3v) is 5.12. The number of carbonyl (C=O) groups excluding carboxylic acids is 1. The summed E-state index contributed by atoms with van der Waals surface area (Å²) in [5, 5.41) is 12.5. The van der Waals surface area contributed by atoms with E-state index in [1.165, 1.54) is 0 Å². The number of piperidine rings is 1. The van der Waals surface area contributed by atoms with Gasteiger partial charge in [-0.3, -0.25) is 4.79 Å². The van der Waals surface area contributed by atoms with Crippen LogP contribution >= 0.6 is 0 Å². The molecule has 0 radical (unpaired) electrons. The van der Waals surface area contributed by atoms with Crippen LogP contribution in [0, 0.1) is 5.41 Å². The molecule has 6 nitrogen and oxygen atoms in total. The fourth-order valence-electron chi connectivity index (χ4n) is 3.51. The Balaban J connectivity index is 1.97. The van der Waals surface area contributed by atoms with E-state index in [0.717, 1.165) is 32.1 Å². The van der Waals surface area contributed by atoms with Crippen molar-refractivity contribution < 1.29 is 14.7 Å². The zero-order valence-corrected chi connectivity index (χ0v) is 12.8. The van der Waals surface area contributed by atoms with Crippen molar-refractivity contribution in [3.05, 3.63) is 0 Å². The van der Waals surface area contributed by atoms with Crippen molar-refractivity contribution in [2.24, 2.45) is 11.1 Å². The molecule has 0 aromatic carbocycles. The molecule has 4 N–H and O–H groups in total. The second kappa shape index (κ2) is 6.64. The molecule has 2 aliphatic rings. The van der Waals surface area contributed by atoms with Crippen LogP contribution in [0.4, 0.5) is 4.79 Å². The third-order valence-electron chi connectivity index (χ3n) is 5.12. The average Bonchev–Trinajstić information content (AvgIpc) is 2.49. The number of amides is 2. The number of aliphatic carboxylic acids is 1. The van der Waals surface area contributed by atoms with Gasteiger partial charge >= 0.3 is 12.0 Å². The van der Waals surface area contributed by atoms with Gasteiger partial charge in [0.25, 0.3) is 0 Å². The average molecular weight is 297 g/mol. The summed E-state index contributed by atoms with van der Waals surface area (Å²) >= 11 is 0. The van der Waals surface area contributed by atoms with Gasteiger partial charge in [0.2, 0.25) is 0 Å². The third kappa shape index (κ3) is 3.48. The van der Waals surface area contributed by atoms with Crippen molar-refractivity contribution in [2.45, 2.75) is 64.0 Å². The minimum Gasteiger partial charge on any atom is -0.481 e. The molecular weight excluding hydrogens is 270 g/mol. The van der Waals surface area contributed by atoms with E-state index in [4.69, 9.17) is 5.73 Å². The predicted octanol–water partition coefficient (Wildman–Crippen LogP) is 1.54. The monoisotopic (exact) mass is 297 g/mol. The second-order valence-electron chi connectivity index (χ2n) is 6.47. The first-order valence-electron chi connectivity index (χ1n) is 8.03. The number of urea groups is 1. The van der Waals surface area contributed by atoms with Gasteiger partial charge < -0.3 is 21.1 Å². The van der Waals surface area contributed by atoms with Crippen LogP contribution in [0.15, 0.2) is 0 Å². The van der Waals surface area contributed by atoms with E-state index in [2.05, 4.69) is 5.32 Å². The Kier molecular flexibility index (Phi) is 5.08. The van der Waals surface area contributed by atoms with E-state index in [0.29, 0.717) is 25.9 Å². The Bertz CT molecular complexity index is 402. The van der Waals surface area contributed by atoms with E-state index >= 15 is 0 Å². The zero-order valence-electron chi connectivity index (χ0n) is 12.8. The first-order chi connectivity index (χ1) is 9.98. The highest BCUT2D eigenvalue weighted by molar-refractivity contribution is 5.79. The summed E-state index contributed by atoms with van der Waals surface area (Å²) < 4.78 is 0. The normalized spacial score (nSPS) is 33.5. The highest BCUT2D eigenvalue weighted by atomic mass is 16.4. The molecule has 0 spiro atoms. The first kappa shape index (κ1) is 16.1. The molecular formula is C15H27N3O3. The van der Waals surface area contributed by atoms with Crippen molar-refractivity contribution >= 4 is 12.0 Å². The second-order valence-corrected chi connectivity index (χ2v) is 6.47. The molecule has 2 fully saturated rings. The summed E-state index contributed by atoms with van der Waals surface area (Å²) in [7, 11) is 0. The SMILES string of the molecule is CCC1(C(=O)O)CCCN(C(=O)NC2CCCCC2N)C1. The molecule has 6 heteroatoms. The largest absolute Gasteiger partial charge is 0.481 e. The summed E-state index contributed by atoms with van der Waals surface area (Å²) in [5.74, 6) is -0.795. The van der Waals surface area contributed by atoms with Crippen LogP contribution in [0.3, 0.4) is 0 Å². The van der Waals surface area contributed by atoms with Gasteiger partial charge in [-0.15, -0.1) is 0 Å². The van der Waals surface area contributed by atoms with Crippen molar-refractivity contribution in [3.63, 3.8) is 0 Å². The van der Waals surface area contributed by atoms with Crippen molar-refractivity contribution in [1.29, 1.82) is 0 Å². The topological polar surface area (TPSA) is 95.7 Å². The van der Waals surface area contributed by atoms with Crippen LogP contribution in [0.2, 0.25) is 0 Å². The number of hydrogen-bond acceptors (Lipinski definition) is 3. The van der Waals surface area contributed by atoms with Gasteiger partial charge in [0.05, 0.1) is 5.41 Å². The lowest BCUT2D eigenvalue weighted by Crippen LogP contribution is -2.57. The van der Waals surface area contributed by atoms with Crippen LogP contribution in [-0.2, 0) is 4.79 Å². The van der Waals surface area contributed by atoms with E-state index in [1.54, 1.807) is 4.90 Å². The molecule has 1 heterocycles. The van der Waals surface area contributed by atoms with Crippen LogP contribution in [0.1, 0.15) is 51.9 Å². The molecule has 0 aromatic rings. The van der Waals surface area contributed by atoms with Crippen molar-refractivity contribution in [3.8, 4) is 0 Å². The number of rotatable bonds is 3. The van der Waals surface area contributed by atoms with E-state index < -0.39 is 11.4 Å². The van der Waals surface area contributed by atoms with E-state index in [9.17, 15) is 14.7 Å². The molecule has 1 saturated heterocycles. The quantitative estimate of drug-likeness (QED) is 0.736. The fourth-order valence-corrected chi connectivity index (χ4v) is 3.51. The molecule has 0 bridgehead atoms. The summed E-state index contributed by atoms with van der Waals surface area (Å²) in [4.78, 5) is 25.6. The molecule has 1 saturated carbocycles. The van der Waals surface area contributed by atoms with E-state index in [-0.39, 0.29) is 18.1 Å². The molecule has 3 atom stereocenters. The van der Waals surface area contributed by atoms with Crippen LogP contribution < -0.4 is 11.1 Å². The molecule has 21 heavy (non-hydrogen) atoms. The summed E-state index contributed by atoms with van der Waals surface area (Å²) in [6.07, 6.45) is 6.00. The standard InChI is InChI=1S/C15H27N3O3/c1-2-15(13(19)20)8-5-9-18(10-15)14(21)17-12-7-4-3-6-11(12)16/h11-12H,2-10,16H2,1H3,(H,17,21)(H,19,20). The molecule has 3 unspecified atom stereocenters. The predicted molar refractivity (Wildman–Crippen MR) is 79.9 cm³/mol. The Morgan fingerprint density at radius 2 is 2.05 bits per heavy atom. The smallest absolute Gasteiger partial charge is 0.317 e. The lowest BCUT2D eigenvalue weighted by Gasteiger charge is -2.40. The molecule has 1 aliphatic heterocycles. The van der Waals surface area contributed by atoms with Crippen LogP contribution in [-0.4, -0.2) is 47.2 Å². The van der Waals surface area contributed by atoms with Gasteiger partial charge in [0, 0.05) is 25.2 Å². The van der Waals surface area contributed by atoms with Crippen LogP contribution in [0.5, 0.6) is 0 Å². The van der Waals surface area contributed by atoms with Crippen molar-refractivity contribution in [2.75, 3.05) is 13.1 Å². The van der Waals surface area contributed by atoms with Crippen LogP contribution in [0.25, 0.3) is 0 Å². The number of nitrogens with one attached hydrogen (secondary N) is 1. The van der Waals surface area contributed by atoms with E-state index in [1.807, 2.05) is 6.92 Å². The molecule has 2 amide bonds. The minimum absolute atomic E-state index is 0.0166. The summed E-state index contributed by atoms with van der Waals surface area (Å²) in [5.41, 5.74) is 5.27. The Morgan fingerprint density at radius 1 is 1.33 bits per heavy atom. The molecule has 1 aliphatic carbocycles. The Hall–Kier alpha value is -1.30. The highest BCUT2D eigenvalue weighted by Crippen LogP contribution is 2.33.